The van der Waals surface area contributed by atoms with Gasteiger partial charge in [0.05, 0.1) is 12.6 Å². The number of benzene rings is 3. The second-order valence-electron chi connectivity index (χ2n) is 8.42. The third-order valence-electron chi connectivity index (χ3n) is 6.01. The van der Waals surface area contributed by atoms with Gasteiger partial charge in [0.2, 0.25) is 5.91 Å². The molecule has 3 aromatic rings. The summed E-state index contributed by atoms with van der Waals surface area (Å²) in [6.45, 7) is 2.11. The summed E-state index contributed by atoms with van der Waals surface area (Å²) in [4.78, 5) is 29.1. The highest BCUT2D eigenvalue weighted by molar-refractivity contribution is 5.94. The van der Waals surface area contributed by atoms with Crippen LogP contribution in [-0.4, -0.2) is 54.3 Å². The number of halogens is 2. The largest absolute Gasteiger partial charge is 0.348 e. The standard InChI is InChI=1S/C27H27F2N3O2/c28-23-12-11-22(18-24(23)29)27(34)32-15-13-31(14-16-32)19-26(33)30-25(21-9-5-2-6-10-21)17-20-7-3-1-4-8-20/h1-12,18,25H,13-17,19H2,(H,30,33). The Kier molecular flexibility index (Phi) is 7.65. The molecule has 0 saturated carbocycles. The fourth-order valence-electron chi connectivity index (χ4n) is 4.15. The predicted octanol–water partition coefficient (Wildman–Crippen LogP) is 3.82. The van der Waals surface area contributed by atoms with Gasteiger partial charge in [-0.3, -0.25) is 14.5 Å². The minimum atomic E-state index is -1.04. The van der Waals surface area contributed by atoms with Crippen LogP contribution in [-0.2, 0) is 11.2 Å². The first-order chi connectivity index (χ1) is 16.5. The normalized spacial score (nSPS) is 15.1. The quantitative estimate of drug-likeness (QED) is 0.580. The van der Waals surface area contributed by atoms with Gasteiger partial charge in [-0.2, -0.15) is 0 Å². The first-order valence-corrected chi connectivity index (χ1v) is 11.3. The van der Waals surface area contributed by atoms with Crippen LogP contribution < -0.4 is 5.32 Å². The van der Waals surface area contributed by atoms with Crippen molar-refractivity contribution in [2.75, 3.05) is 32.7 Å². The summed E-state index contributed by atoms with van der Waals surface area (Å²) in [5.74, 6) is -2.43. The van der Waals surface area contributed by atoms with Gasteiger partial charge in [0.1, 0.15) is 0 Å². The number of nitrogens with zero attached hydrogens (tertiary/aromatic N) is 2. The first-order valence-electron chi connectivity index (χ1n) is 11.3. The monoisotopic (exact) mass is 463 g/mol. The van der Waals surface area contributed by atoms with E-state index in [4.69, 9.17) is 0 Å². The SMILES string of the molecule is O=C(CN1CCN(C(=O)c2ccc(F)c(F)c2)CC1)NC(Cc1ccccc1)c1ccccc1. The zero-order valence-electron chi connectivity index (χ0n) is 18.8. The molecule has 3 aromatic carbocycles. The number of nitrogens with one attached hydrogen (secondary N) is 1. The van der Waals surface area contributed by atoms with Crippen molar-refractivity contribution in [2.45, 2.75) is 12.5 Å². The molecule has 1 saturated heterocycles. The van der Waals surface area contributed by atoms with E-state index in [1.165, 1.54) is 6.07 Å². The number of rotatable bonds is 7. The van der Waals surface area contributed by atoms with Crippen molar-refractivity contribution in [3.63, 3.8) is 0 Å². The topological polar surface area (TPSA) is 52.7 Å². The number of amides is 2. The van der Waals surface area contributed by atoms with Gasteiger partial charge < -0.3 is 10.2 Å². The Morgan fingerprint density at radius 3 is 2.12 bits per heavy atom. The molecule has 1 aliphatic heterocycles. The van der Waals surface area contributed by atoms with Crippen molar-refractivity contribution in [1.82, 2.24) is 15.1 Å². The molecule has 1 heterocycles. The molecule has 0 spiro atoms. The van der Waals surface area contributed by atoms with Gasteiger partial charge >= 0.3 is 0 Å². The molecule has 0 aliphatic carbocycles. The molecular weight excluding hydrogens is 436 g/mol. The Hall–Kier alpha value is -3.58. The zero-order valence-corrected chi connectivity index (χ0v) is 18.8. The third-order valence-corrected chi connectivity index (χ3v) is 6.01. The highest BCUT2D eigenvalue weighted by Crippen LogP contribution is 2.19. The van der Waals surface area contributed by atoms with E-state index >= 15 is 0 Å². The summed E-state index contributed by atoms with van der Waals surface area (Å²) >= 11 is 0. The van der Waals surface area contributed by atoms with E-state index in [0.717, 1.165) is 23.3 Å². The second kappa shape index (κ2) is 11.0. The summed E-state index contributed by atoms with van der Waals surface area (Å²) in [6.07, 6.45) is 0.688. The molecule has 0 radical (unpaired) electrons. The van der Waals surface area contributed by atoms with Crippen molar-refractivity contribution in [3.8, 4) is 0 Å². The average molecular weight is 464 g/mol. The number of hydrogen-bond donors (Lipinski definition) is 1. The lowest BCUT2D eigenvalue weighted by Gasteiger charge is -2.34. The summed E-state index contributed by atoms with van der Waals surface area (Å²) in [5, 5.41) is 3.16. The highest BCUT2D eigenvalue weighted by Gasteiger charge is 2.25. The molecule has 5 nitrogen and oxygen atoms in total. The van der Waals surface area contributed by atoms with Gasteiger partial charge in [-0.15, -0.1) is 0 Å². The molecule has 4 rings (SSSR count). The van der Waals surface area contributed by atoms with E-state index in [9.17, 15) is 18.4 Å². The number of carbonyl (C=O) groups is 2. The van der Waals surface area contributed by atoms with Crippen molar-refractivity contribution in [1.29, 1.82) is 0 Å². The molecule has 1 aliphatic rings. The fourth-order valence-corrected chi connectivity index (χ4v) is 4.15. The van der Waals surface area contributed by atoms with E-state index in [0.29, 0.717) is 32.6 Å². The van der Waals surface area contributed by atoms with Gasteiger partial charge in [-0.1, -0.05) is 60.7 Å². The maximum atomic E-state index is 13.5. The lowest BCUT2D eigenvalue weighted by molar-refractivity contribution is -0.123. The van der Waals surface area contributed by atoms with Crippen molar-refractivity contribution in [3.05, 3.63) is 107 Å². The first kappa shape index (κ1) is 23.6. The lowest BCUT2D eigenvalue weighted by Crippen LogP contribution is -2.51. The Morgan fingerprint density at radius 2 is 1.47 bits per heavy atom. The molecule has 0 bridgehead atoms. The zero-order chi connectivity index (χ0) is 23.9. The Morgan fingerprint density at radius 1 is 0.824 bits per heavy atom. The van der Waals surface area contributed by atoms with Gasteiger partial charge in [0.25, 0.3) is 5.91 Å². The summed E-state index contributed by atoms with van der Waals surface area (Å²) in [5.41, 5.74) is 2.30. The van der Waals surface area contributed by atoms with E-state index in [1.807, 2.05) is 65.6 Å². The van der Waals surface area contributed by atoms with Crippen LogP contribution in [0.4, 0.5) is 8.78 Å². The van der Waals surface area contributed by atoms with E-state index in [-0.39, 0.29) is 30.0 Å². The van der Waals surface area contributed by atoms with Gasteiger partial charge in [-0.25, -0.2) is 8.78 Å². The molecule has 0 aromatic heterocycles. The van der Waals surface area contributed by atoms with Gasteiger partial charge in [-0.05, 0) is 35.7 Å². The molecule has 7 heteroatoms. The van der Waals surface area contributed by atoms with Crippen LogP contribution in [0.2, 0.25) is 0 Å². The smallest absolute Gasteiger partial charge is 0.254 e. The maximum absolute atomic E-state index is 13.5. The Labute approximate surface area is 198 Å². The number of carbonyl (C=O) groups excluding carboxylic acids is 2. The Balaban J connectivity index is 1.32. The summed E-state index contributed by atoms with van der Waals surface area (Å²) in [7, 11) is 0. The minimum absolute atomic E-state index is 0.0785. The predicted molar refractivity (Wildman–Crippen MR) is 126 cm³/mol. The van der Waals surface area contributed by atoms with Crippen LogP contribution in [0.5, 0.6) is 0 Å². The van der Waals surface area contributed by atoms with Crippen molar-refractivity contribution >= 4 is 11.8 Å². The van der Waals surface area contributed by atoms with Gasteiger partial charge in [0, 0.05) is 31.7 Å². The summed E-state index contributed by atoms with van der Waals surface area (Å²) < 4.78 is 26.6. The van der Waals surface area contributed by atoms with Crippen LogP contribution in [0.25, 0.3) is 0 Å². The van der Waals surface area contributed by atoms with Crippen molar-refractivity contribution < 1.29 is 18.4 Å². The second-order valence-corrected chi connectivity index (χ2v) is 8.42. The average Bonchev–Trinajstić information content (AvgIpc) is 2.86. The van der Waals surface area contributed by atoms with Crippen LogP contribution in [0.3, 0.4) is 0 Å². The van der Waals surface area contributed by atoms with Crippen LogP contribution in [0.1, 0.15) is 27.5 Å². The number of piperazine rings is 1. The van der Waals surface area contributed by atoms with Crippen molar-refractivity contribution in [2.24, 2.45) is 0 Å². The lowest BCUT2D eigenvalue weighted by atomic mass is 9.99. The maximum Gasteiger partial charge on any atom is 0.254 e. The van der Waals surface area contributed by atoms with E-state index in [1.54, 1.807) is 4.90 Å². The molecule has 1 atom stereocenters. The molecule has 1 N–H and O–H groups in total. The van der Waals surface area contributed by atoms with Crippen LogP contribution >= 0.6 is 0 Å². The van der Waals surface area contributed by atoms with Crippen LogP contribution in [0, 0.1) is 11.6 Å². The highest BCUT2D eigenvalue weighted by atomic mass is 19.2. The molecule has 34 heavy (non-hydrogen) atoms. The van der Waals surface area contributed by atoms with Gasteiger partial charge in [0.15, 0.2) is 11.6 Å². The molecule has 176 valence electrons. The molecule has 1 fully saturated rings. The molecule has 1 unspecified atom stereocenters. The van der Waals surface area contributed by atoms with E-state index in [2.05, 4.69) is 5.32 Å². The molecule has 2 amide bonds. The minimum Gasteiger partial charge on any atom is -0.348 e. The number of hydrogen-bond acceptors (Lipinski definition) is 3. The fraction of sp³-hybridized carbons (Fsp3) is 0.259. The summed E-state index contributed by atoms with van der Waals surface area (Å²) in [6, 6.07) is 23.0. The Bertz CT molecular complexity index is 1120. The van der Waals surface area contributed by atoms with Crippen LogP contribution in [0.15, 0.2) is 78.9 Å². The third kappa shape index (κ3) is 6.05. The van der Waals surface area contributed by atoms with E-state index < -0.39 is 11.6 Å². The molecular formula is C27H27F2N3O2.